The molecule has 0 atom stereocenters. The van der Waals surface area contributed by atoms with Gasteiger partial charge in [0.15, 0.2) is 20.0 Å². The van der Waals surface area contributed by atoms with E-state index in [4.69, 9.17) is 0 Å². The van der Waals surface area contributed by atoms with Crippen LogP contribution in [0.3, 0.4) is 0 Å². The predicted octanol–water partition coefficient (Wildman–Crippen LogP) is 9.95. The SMILES string of the molecule is O=S(=O)([N-]S(=O)(=O)C(F)(F)C(F)(F)C(F)(F)C(F)(F)C(F)(F)C(F)(F)C(F)(F)C(F)(F)F)C(F)(F)C(F)(F)C(F)(F)C(F)(F)C(F)(F)C(F)(F)C(F)(F)C(F)(F)F.[Ag+]. The molecule has 0 aromatic rings. The first-order valence-corrected chi connectivity index (χ1v) is 14.2. The van der Waals surface area contributed by atoms with E-state index in [9.17, 15) is 166 Å². The first-order valence-electron chi connectivity index (χ1n) is 11.4. The molecule has 0 spiro atoms. The monoisotopic (exact) mass is 1090 g/mol. The molecule has 0 aromatic heterocycles. The Hall–Kier alpha value is -1.78. The number of hydrogen-bond donors (Lipinski definition) is 0. The Balaban J connectivity index is 0. The Bertz CT molecular complexity index is 1610. The van der Waals surface area contributed by atoms with Gasteiger partial charge in [-0.2, -0.15) is 149 Å². The Morgan fingerprint density at radius 1 is 0.224 bits per heavy atom. The third-order valence-corrected chi connectivity index (χ3v) is 9.61. The first kappa shape index (κ1) is 58.3. The number of rotatable bonds is 16. The fraction of sp³-hybridized carbons (Fsp3) is 1.00. The maximum absolute atomic E-state index is 13.9. The molecule has 0 bridgehead atoms. The molecule has 58 heavy (non-hydrogen) atoms. The van der Waals surface area contributed by atoms with Gasteiger partial charge in [-0.15, -0.1) is 0 Å². The summed E-state index contributed by atoms with van der Waals surface area (Å²) in [5.41, 5.74) is 0. The summed E-state index contributed by atoms with van der Waals surface area (Å²) in [7, 11) is -20.0. The van der Waals surface area contributed by atoms with Gasteiger partial charge >= 0.3 is 116 Å². The molecule has 0 aliphatic heterocycles. The van der Waals surface area contributed by atoms with Crippen molar-refractivity contribution in [2.75, 3.05) is 0 Å². The molecular weight excluding hydrogens is 1090 g/mol. The molecule has 354 valence electrons. The third-order valence-electron chi connectivity index (χ3n) is 6.23. The van der Waals surface area contributed by atoms with E-state index in [1.807, 2.05) is 0 Å². The molecule has 0 saturated heterocycles. The van der Waals surface area contributed by atoms with E-state index in [1.54, 1.807) is 0 Å². The molecule has 0 amide bonds. The van der Waals surface area contributed by atoms with Crippen molar-refractivity contribution < 1.29 is 188 Å². The van der Waals surface area contributed by atoms with Gasteiger partial charge in [0, 0.05) is 0 Å². The number of nitrogens with zero attached hydrogens (tertiary/aromatic N) is 1. The summed E-state index contributed by atoms with van der Waals surface area (Å²) in [6, 6.07) is 0. The number of halogens is 34. The zero-order valence-corrected chi connectivity index (χ0v) is 27.2. The molecule has 0 saturated carbocycles. The molecule has 5 nitrogen and oxygen atoms in total. The Kier molecular flexibility index (Phi) is 14.2. The Morgan fingerprint density at radius 2 is 0.345 bits per heavy atom. The van der Waals surface area contributed by atoms with Crippen molar-refractivity contribution in [3.05, 3.63) is 4.13 Å². The van der Waals surface area contributed by atoms with Gasteiger partial charge in [-0.1, -0.05) is 0 Å². The van der Waals surface area contributed by atoms with Crippen molar-refractivity contribution in [3.63, 3.8) is 0 Å². The molecule has 0 unspecified atom stereocenters. The van der Waals surface area contributed by atoms with E-state index in [0.717, 1.165) is 0 Å². The van der Waals surface area contributed by atoms with Crippen LogP contribution in [-0.2, 0) is 42.4 Å². The normalized spacial score (nSPS) is 17.0. The van der Waals surface area contributed by atoms with Crippen LogP contribution in [0.2, 0.25) is 0 Å². The van der Waals surface area contributed by atoms with E-state index in [1.165, 1.54) is 0 Å². The van der Waals surface area contributed by atoms with Gasteiger partial charge in [0.05, 0.1) is 0 Å². The van der Waals surface area contributed by atoms with Crippen molar-refractivity contribution >= 4 is 20.0 Å². The average molecular weight is 1090 g/mol. The molecule has 0 aromatic carbocycles. The number of sulfonamides is 2. The van der Waals surface area contributed by atoms with Gasteiger partial charge in [-0.05, 0) is 0 Å². The van der Waals surface area contributed by atoms with Crippen LogP contribution in [-0.4, -0.2) is 111 Å². The fourth-order valence-corrected chi connectivity index (χ4v) is 5.53. The predicted molar refractivity (Wildman–Crippen MR) is 103 cm³/mol. The van der Waals surface area contributed by atoms with Crippen LogP contribution in [0.4, 0.5) is 149 Å². The van der Waals surface area contributed by atoms with E-state index in [-0.39, 0.29) is 22.4 Å². The summed E-state index contributed by atoms with van der Waals surface area (Å²) in [4.78, 5) is 0. The van der Waals surface area contributed by atoms with E-state index in [2.05, 4.69) is 0 Å². The molecule has 0 heterocycles. The minimum atomic E-state index is -10.0. The van der Waals surface area contributed by atoms with Crippen LogP contribution in [0.15, 0.2) is 0 Å². The van der Waals surface area contributed by atoms with Crippen LogP contribution < -0.4 is 0 Å². The Labute approximate surface area is 307 Å². The summed E-state index contributed by atoms with van der Waals surface area (Å²) in [6.45, 7) is 0. The van der Waals surface area contributed by atoms with Gasteiger partial charge in [-0.3, -0.25) is 0 Å². The van der Waals surface area contributed by atoms with Crippen molar-refractivity contribution in [1.29, 1.82) is 0 Å². The maximum Gasteiger partial charge on any atom is 1.00 e. The van der Waals surface area contributed by atoms with Gasteiger partial charge in [-0.25, -0.2) is 16.8 Å². The van der Waals surface area contributed by atoms with Crippen molar-refractivity contribution in [1.82, 2.24) is 0 Å². The zero-order chi connectivity index (χ0) is 47.7. The molecule has 42 heteroatoms. The van der Waals surface area contributed by atoms with Crippen LogP contribution in [0.5, 0.6) is 0 Å². The van der Waals surface area contributed by atoms with Crippen LogP contribution in [0.25, 0.3) is 4.13 Å². The van der Waals surface area contributed by atoms with Crippen molar-refractivity contribution in [2.45, 2.75) is 93.9 Å². The average Bonchev–Trinajstić information content (AvgIpc) is 2.93. The van der Waals surface area contributed by atoms with Gasteiger partial charge in [0.2, 0.25) is 0 Å². The number of alkyl halides is 34. The van der Waals surface area contributed by atoms with Crippen molar-refractivity contribution in [3.8, 4) is 0 Å². The number of hydrogen-bond acceptors (Lipinski definition) is 4. The van der Waals surface area contributed by atoms with Gasteiger partial charge in [0.25, 0.3) is 0 Å². The minimum Gasteiger partial charge on any atom is -0.425 e. The van der Waals surface area contributed by atoms with Crippen LogP contribution >= 0.6 is 0 Å². The molecule has 0 fully saturated rings. The summed E-state index contributed by atoms with van der Waals surface area (Å²) < 4.78 is 495. The maximum atomic E-state index is 13.9. The quantitative estimate of drug-likeness (QED) is 0.114. The second kappa shape index (κ2) is 14.1. The first-order chi connectivity index (χ1) is 23.7. The molecule has 0 radical (unpaired) electrons. The summed E-state index contributed by atoms with van der Waals surface area (Å²) in [5.74, 6) is -114. The van der Waals surface area contributed by atoms with Crippen LogP contribution in [0.1, 0.15) is 0 Å². The summed E-state index contributed by atoms with van der Waals surface area (Å²) >= 11 is 0. The molecule has 0 aliphatic carbocycles. The molecule has 0 rings (SSSR count). The smallest absolute Gasteiger partial charge is 0.425 e. The third kappa shape index (κ3) is 6.99. The van der Waals surface area contributed by atoms with Gasteiger partial charge < -0.3 is 4.13 Å². The molecule has 0 N–H and O–H groups in total. The molecular formula is C16AgF34NO4S2. The van der Waals surface area contributed by atoms with Gasteiger partial charge in [0.1, 0.15) is 0 Å². The van der Waals surface area contributed by atoms with Crippen molar-refractivity contribution in [2.24, 2.45) is 0 Å². The Morgan fingerprint density at radius 3 is 0.483 bits per heavy atom. The fourth-order valence-electron chi connectivity index (χ4n) is 2.85. The topological polar surface area (TPSA) is 82.4 Å². The van der Waals surface area contributed by atoms with Crippen LogP contribution in [0, 0.1) is 0 Å². The van der Waals surface area contributed by atoms with E-state index < -0.39 is 118 Å². The molecule has 0 aliphatic rings. The standard InChI is InChI=1S/C16F34NO4S2.Ag/c17-1(18,5(25,26)9(33,34)13(41,42)43)3(21,22)7(29,30)11(37,38)15(47,48)56(52,53)51-57(54,55)16(49,50)12(39,40)8(31,32)4(23,24)2(19,20)6(27,28)10(35,36)14(44,45)46;/q-1;+1. The van der Waals surface area contributed by atoms with E-state index >= 15 is 0 Å². The largest absolute Gasteiger partial charge is 1.00 e. The zero-order valence-electron chi connectivity index (χ0n) is 24.0. The van der Waals surface area contributed by atoms with E-state index in [0.29, 0.717) is 0 Å². The summed E-state index contributed by atoms with van der Waals surface area (Å²) in [6.07, 6.45) is -16.7. The minimum absolute atomic E-state index is 0. The summed E-state index contributed by atoms with van der Waals surface area (Å²) in [5, 5.41) is -18.9. The second-order valence-electron chi connectivity index (χ2n) is 9.95. The second-order valence-corrected chi connectivity index (χ2v) is 13.5.